The highest BCUT2D eigenvalue weighted by Gasteiger charge is 2.28. The molecule has 0 amide bonds. The van der Waals surface area contributed by atoms with E-state index < -0.39 is 6.23 Å². The zero-order valence-electron chi connectivity index (χ0n) is 10.3. The Bertz CT molecular complexity index is 522. The van der Waals surface area contributed by atoms with Crippen molar-refractivity contribution >= 4 is 5.82 Å². The van der Waals surface area contributed by atoms with Gasteiger partial charge in [-0.15, -0.1) is 0 Å². The third-order valence-corrected chi connectivity index (χ3v) is 3.87. The Morgan fingerprint density at radius 2 is 2.44 bits per heavy atom. The number of nitrogens with one attached hydrogen (secondary N) is 1. The van der Waals surface area contributed by atoms with Gasteiger partial charge >= 0.3 is 0 Å². The number of rotatable bonds is 1. The van der Waals surface area contributed by atoms with E-state index >= 15 is 0 Å². The minimum absolute atomic E-state index is 0.436. The molecule has 0 spiro atoms. The van der Waals surface area contributed by atoms with Gasteiger partial charge in [0.2, 0.25) is 0 Å². The summed E-state index contributed by atoms with van der Waals surface area (Å²) in [5.74, 6) is 0.818. The molecular formula is C13H16N4O. The largest absolute Gasteiger partial charge is 0.374 e. The van der Waals surface area contributed by atoms with Crippen LogP contribution in [0.3, 0.4) is 0 Å². The maximum atomic E-state index is 9.87. The second-order valence-electron chi connectivity index (χ2n) is 4.98. The van der Waals surface area contributed by atoms with Gasteiger partial charge in [0.15, 0.2) is 0 Å². The molecule has 5 heteroatoms. The lowest BCUT2D eigenvalue weighted by Gasteiger charge is -2.23. The van der Waals surface area contributed by atoms with E-state index in [4.69, 9.17) is 0 Å². The van der Waals surface area contributed by atoms with Crippen LogP contribution in [0, 0.1) is 11.3 Å². The van der Waals surface area contributed by atoms with Crippen LogP contribution in [0.4, 0.5) is 5.82 Å². The number of aliphatic hydroxyl groups excluding tert-OH is 1. The summed E-state index contributed by atoms with van der Waals surface area (Å²) < 4.78 is 0. The van der Waals surface area contributed by atoms with E-state index in [-0.39, 0.29) is 0 Å². The van der Waals surface area contributed by atoms with E-state index in [0.29, 0.717) is 18.3 Å². The smallest absolute Gasteiger partial charge is 0.147 e. The maximum Gasteiger partial charge on any atom is 0.147 e. The molecule has 0 aliphatic carbocycles. The lowest BCUT2D eigenvalue weighted by atomic mass is 10.1. The Hall–Kier alpha value is -1.64. The van der Waals surface area contributed by atoms with Crippen LogP contribution in [-0.2, 0) is 6.54 Å². The van der Waals surface area contributed by atoms with Gasteiger partial charge in [0, 0.05) is 30.3 Å². The van der Waals surface area contributed by atoms with Crippen molar-refractivity contribution in [2.75, 3.05) is 11.4 Å². The molecule has 0 aromatic carbocycles. The average molecular weight is 244 g/mol. The number of pyridine rings is 1. The summed E-state index contributed by atoms with van der Waals surface area (Å²) in [5.41, 5.74) is 2.07. The number of hydrogen-bond donors (Lipinski definition) is 2. The van der Waals surface area contributed by atoms with Crippen LogP contribution in [0.1, 0.15) is 42.8 Å². The lowest BCUT2D eigenvalue weighted by molar-refractivity contribution is 0.151. The van der Waals surface area contributed by atoms with Crippen molar-refractivity contribution in [2.24, 2.45) is 0 Å². The van der Waals surface area contributed by atoms with Crippen molar-refractivity contribution in [1.29, 1.82) is 5.26 Å². The van der Waals surface area contributed by atoms with Gasteiger partial charge in [-0.05, 0) is 25.8 Å². The summed E-state index contributed by atoms with van der Waals surface area (Å²) >= 11 is 0. The molecule has 1 unspecified atom stereocenters. The highest BCUT2D eigenvalue weighted by Crippen LogP contribution is 2.31. The summed E-state index contributed by atoms with van der Waals surface area (Å²) in [6, 6.07) is 4.51. The van der Waals surface area contributed by atoms with E-state index in [1.807, 2.05) is 6.07 Å². The molecule has 2 atom stereocenters. The zero-order valence-corrected chi connectivity index (χ0v) is 10.3. The fraction of sp³-hybridized carbons (Fsp3) is 0.538. The van der Waals surface area contributed by atoms with Crippen LogP contribution >= 0.6 is 0 Å². The van der Waals surface area contributed by atoms with Gasteiger partial charge in [0.25, 0.3) is 0 Å². The SMILES string of the molecule is C[C@@H]1CCCN1c1cc2c(c(C#N)n1)CNC2O. The van der Waals surface area contributed by atoms with E-state index in [1.54, 1.807) is 0 Å². The first-order chi connectivity index (χ1) is 8.70. The van der Waals surface area contributed by atoms with E-state index in [2.05, 4.69) is 28.2 Å². The summed E-state index contributed by atoms with van der Waals surface area (Å²) in [5, 5.41) is 22.0. The van der Waals surface area contributed by atoms with Crippen LogP contribution in [0.25, 0.3) is 0 Å². The van der Waals surface area contributed by atoms with Crippen LogP contribution in [-0.4, -0.2) is 22.7 Å². The van der Waals surface area contributed by atoms with Gasteiger partial charge < -0.3 is 10.0 Å². The van der Waals surface area contributed by atoms with Gasteiger partial charge in [-0.3, -0.25) is 5.32 Å². The normalized spacial score (nSPS) is 26.2. The average Bonchev–Trinajstić information content (AvgIpc) is 2.95. The molecular weight excluding hydrogens is 228 g/mol. The van der Waals surface area contributed by atoms with Crippen LogP contribution in [0.5, 0.6) is 0 Å². The Balaban J connectivity index is 2.07. The molecule has 1 aromatic heterocycles. The van der Waals surface area contributed by atoms with E-state index in [9.17, 15) is 10.4 Å². The predicted molar refractivity (Wildman–Crippen MR) is 66.8 cm³/mol. The summed E-state index contributed by atoms with van der Waals surface area (Å²) in [6.07, 6.45) is 1.64. The quantitative estimate of drug-likeness (QED) is 0.772. The van der Waals surface area contributed by atoms with Crippen molar-refractivity contribution in [3.63, 3.8) is 0 Å². The summed E-state index contributed by atoms with van der Waals surface area (Å²) in [4.78, 5) is 6.66. The molecule has 1 saturated heterocycles. The molecule has 2 aliphatic rings. The number of fused-ring (bicyclic) bond motifs is 1. The fourth-order valence-corrected chi connectivity index (χ4v) is 2.83. The molecule has 2 aliphatic heterocycles. The Labute approximate surface area is 106 Å². The van der Waals surface area contributed by atoms with Crippen molar-refractivity contribution < 1.29 is 5.11 Å². The number of nitrogens with zero attached hydrogens (tertiary/aromatic N) is 3. The standard InChI is InChI=1S/C13H16N4O/c1-8-3-2-4-17(8)12-5-9-10(7-15-13(9)18)11(6-14)16-12/h5,8,13,15,18H,2-4,7H2,1H3/t8-,13?/m1/s1. The Morgan fingerprint density at radius 3 is 3.11 bits per heavy atom. The van der Waals surface area contributed by atoms with Gasteiger partial charge in [0.05, 0.1) is 0 Å². The molecule has 3 rings (SSSR count). The number of hydrogen-bond acceptors (Lipinski definition) is 5. The first-order valence-electron chi connectivity index (χ1n) is 6.32. The molecule has 0 saturated carbocycles. The van der Waals surface area contributed by atoms with Crippen LogP contribution in [0.2, 0.25) is 0 Å². The molecule has 5 nitrogen and oxygen atoms in total. The topological polar surface area (TPSA) is 72.2 Å². The minimum Gasteiger partial charge on any atom is -0.374 e. The first kappa shape index (κ1) is 11.5. The predicted octanol–water partition coefficient (Wildman–Crippen LogP) is 1.04. The van der Waals surface area contributed by atoms with Crippen molar-refractivity contribution in [3.8, 4) is 6.07 Å². The van der Waals surface area contributed by atoms with E-state index in [0.717, 1.165) is 36.3 Å². The minimum atomic E-state index is -0.674. The molecule has 18 heavy (non-hydrogen) atoms. The zero-order chi connectivity index (χ0) is 12.7. The second kappa shape index (κ2) is 4.23. The lowest BCUT2D eigenvalue weighted by Crippen LogP contribution is -2.27. The first-order valence-corrected chi connectivity index (χ1v) is 6.32. The monoisotopic (exact) mass is 244 g/mol. The fourth-order valence-electron chi connectivity index (χ4n) is 2.83. The van der Waals surface area contributed by atoms with Gasteiger partial charge in [-0.25, -0.2) is 4.98 Å². The molecule has 94 valence electrons. The van der Waals surface area contributed by atoms with Gasteiger partial charge in [-0.1, -0.05) is 0 Å². The third kappa shape index (κ3) is 1.65. The van der Waals surface area contributed by atoms with E-state index in [1.165, 1.54) is 0 Å². The Kier molecular flexibility index (Phi) is 2.69. The summed E-state index contributed by atoms with van der Waals surface area (Å²) in [6.45, 7) is 3.66. The molecule has 1 fully saturated rings. The highest BCUT2D eigenvalue weighted by molar-refractivity contribution is 5.52. The molecule has 0 bridgehead atoms. The number of aliphatic hydroxyl groups is 1. The van der Waals surface area contributed by atoms with Gasteiger partial charge in [-0.2, -0.15) is 5.26 Å². The second-order valence-corrected chi connectivity index (χ2v) is 4.98. The highest BCUT2D eigenvalue weighted by atomic mass is 16.3. The number of aromatic nitrogens is 1. The van der Waals surface area contributed by atoms with Crippen molar-refractivity contribution in [1.82, 2.24) is 10.3 Å². The summed E-state index contributed by atoms with van der Waals surface area (Å²) in [7, 11) is 0. The molecule has 3 heterocycles. The third-order valence-electron chi connectivity index (χ3n) is 3.87. The number of nitriles is 1. The molecule has 2 N–H and O–H groups in total. The maximum absolute atomic E-state index is 9.87. The Morgan fingerprint density at radius 1 is 1.61 bits per heavy atom. The molecule has 1 aromatic rings. The van der Waals surface area contributed by atoms with Crippen LogP contribution in [0.15, 0.2) is 6.07 Å². The molecule has 0 radical (unpaired) electrons. The number of anilines is 1. The van der Waals surface area contributed by atoms with Crippen molar-refractivity contribution in [3.05, 3.63) is 22.9 Å². The van der Waals surface area contributed by atoms with Gasteiger partial charge in [0.1, 0.15) is 23.8 Å². The van der Waals surface area contributed by atoms with Crippen molar-refractivity contribution in [2.45, 2.75) is 38.6 Å². The van der Waals surface area contributed by atoms with Crippen LogP contribution < -0.4 is 10.2 Å².